The average molecular weight is 182 g/mol. The summed E-state index contributed by atoms with van der Waals surface area (Å²) >= 11 is 0. The van der Waals surface area contributed by atoms with Crippen molar-refractivity contribution >= 4 is 11.8 Å². The monoisotopic (exact) mass is 182 g/mol. The molecule has 1 aromatic heterocycles. The summed E-state index contributed by atoms with van der Waals surface area (Å²) in [6.07, 6.45) is 1.52. The fourth-order valence-corrected chi connectivity index (χ4v) is 1.09. The summed E-state index contributed by atoms with van der Waals surface area (Å²) < 4.78 is 0. The molecule has 70 valence electrons. The number of hydrogen-bond acceptors (Lipinski definition) is 3. The van der Waals surface area contributed by atoms with Gasteiger partial charge in [0.2, 0.25) is 0 Å². The number of nitrogens with one attached hydrogen (secondary N) is 2. The average Bonchev–Trinajstić information content (AvgIpc) is 2.45. The summed E-state index contributed by atoms with van der Waals surface area (Å²) in [7, 11) is 0. The van der Waals surface area contributed by atoms with Crippen LogP contribution >= 0.6 is 0 Å². The number of primary amides is 1. The van der Waals surface area contributed by atoms with Crippen molar-refractivity contribution in [3.63, 3.8) is 0 Å². The van der Waals surface area contributed by atoms with Crippen molar-refractivity contribution < 1.29 is 9.59 Å². The van der Waals surface area contributed by atoms with Crippen LogP contribution in [0.2, 0.25) is 0 Å². The van der Waals surface area contributed by atoms with Gasteiger partial charge in [-0.1, -0.05) is 0 Å². The fourth-order valence-electron chi connectivity index (χ4n) is 1.09. The van der Waals surface area contributed by atoms with Gasteiger partial charge in [0.05, 0.1) is 5.56 Å². The Balaban J connectivity index is 3.22. The molecule has 0 saturated heterocycles. The van der Waals surface area contributed by atoms with Crippen LogP contribution in [0, 0.1) is 6.92 Å². The van der Waals surface area contributed by atoms with Gasteiger partial charge in [-0.2, -0.15) is 0 Å². The lowest BCUT2D eigenvalue weighted by molar-refractivity contribution is 0.0932. The molecule has 6 heteroatoms. The van der Waals surface area contributed by atoms with Gasteiger partial charge in [-0.25, -0.2) is 5.84 Å². The van der Waals surface area contributed by atoms with Gasteiger partial charge < -0.3 is 10.7 Å². The Hall–Kier alpha value is -1.82. The molecule has 1 rings (SSSR count). The lowest BCUT2D eigenvalue weighted by atomic mass is 10.1. The Morgan fingerprint density at radius 1 is 1.54 bits per heavy atom. The van der Waals surface area contributed by atoms with E-state index in [9.17, 15) is 9.59 Å². The first-order chi connectivity index (χ1) is 6.07. The van der Waals surface area contributed by atoms with Gasteiger partial charge in [-0.3, -0.25) is 15.0 Å². The number of hydrogen-bond donors (Lipinski definition) is 4. The summed E-state index contributed by atoms with van der Waals surface area (Å²) in [5.74, 6) is 3.69. The minimum Gasteiger partial charge on any atom is -0.366 e. The van der Waals surface area contributed by atoms with Gasteiger partial charge in [0.25, 0.3) is 11.8 Å². The highest BCUT2D eigenvalue weighted by Gasteiger charge is 2.18. The molecule has 0 aromatic carbocycles. The van der Waals surface area contributed by atoms with Crippen molar-refractivity contribution in [2.75, 3.05) is 0 Å². The zero-order chi connectivity index (χ0) is 10.0. The largest absolute Gasteiger partial charge is 0.366 e. The van der Waals surface area contributed by atoms with Gasteiger partial charge in [-0.05, 0) is 12.5 Å². The Labute approximate surface area is 74.3 Å². The maximum Gasteiger partial charge on any atom is 0.282 e. The Morgan fingerprint density at radius 2 is 2.15 bits per heavy atom. The molecule has 6 N–H and O–H groups in total. The van der Waals surface area contributed by atoms with Crippen LogP contribution in [0.25, 0.3) is 0 Å². The molecule has 1 aromatic rings. The summed E-state index contributed by atoms with van der Waals surface area (Å²) in [5, 5.41) is 0. The van der Waals surface area contributed by atoms with Gasteiger partial charge in [0.15, 0.2) is 0 Å². The zero-order valence-electron chi connectivity index (χ0n) is 7.05. The van der Waals surface area contributed by atoms with E-state index in [4.69, 9.17) is 11.6 Å². The lowest BCUT2D eigenvalue weighted by Gasteiger charge is -1.99. The number of amides is 2. The van der Waals surface area contributed by atoms with E-state index in [0.29, 0.717) is 5.56 Å². The molecule has 0 aliphatic carbocycles. The Bertz CT molecular complexity index is 355. The highest BCUT2D eigenvalue weighted by Crippen LogP contribution is 2.11. The highest BCUT2D eigenvalue weighted by molar-refractivity contribution is 6.06. The van der Waals surface area contributed by atoms with Gasteiger partial charge in [0, 0.05) is 6.20 Å². The molecule has 0 unspecified atom stereocenters. The minimum absolute atomic E-state index is 0.0903. The standard InChI is InChI=1S/C7H10N4O2/c1-3-2-10-5(7(13)11-9)4(3)6(8)12/h2,10H,9H2,1H3,(H2,8,12)(H,11,13). The van der Waals surface area contributed by atoms with Crippen LogP contribution < -0.4 is 17.0 Å². The number of nitrogen functional groups attached to an aromatic ring is 1. The SMILES string of the molecule is Cc1c[nH]c(C(=O)NN)c1C(N)=O. The van der Waals surface area contributed by atoms with E-state index in [1.54, 1.807) is 6.92 Å². The normalized spacial score (nSPS) is 9.69. The topological polar surface area (TPSA) is 114 Å². The Kier molecular flexibility index (Phi) is 2.34. The summed E-state index contributed by atoms with van der Waals surface area (Å²) in [4.78, 5) is 24.6. The highest BCUT2D eigenvalue weighted by atomic mass is 16.2. The van der Waals surface area contributed by atoms with Crippen molar-refractivity contribution in [1.29, 1.82) is 0 Å². The third-order valence-corrected chi connectivity index (χ3v) is 1.68. The molecule has 0 aliphatic heterocycles. The second-order valence-corrected chi connectivity index (χ2v) is 2.56. The van der Waals surface area contributed by atoms with Crippen LogP contribution in [0.5, 0.6) is 0 Å². The third-order valence-electron chi connectivity index (χ3n) is 1.68. The first-order valence-corrected chi connectivity index (χ1v) is 3.56. The number of H-pyrrole nitrogens is 1. The first kappa shape index (κ1) is 9.27. The molecule has 0 aliphatic rings. The number of carbonyl (C=O) groups excluding carboxylic acids is 2. The number of aryl methyl sites for hydroxylation is 1. The van der Waals surface area contributed by atoms with Crippen LogP contribution in [0.1, 0.15) is 26.4 Å². The third kappa shape index (κ3) is 1.52. The van der Waals surface area contributed by atoms with Gasteiger partial charge >= 0.3 is 0 Å². The molecule has 0 atom stereocenters. The first-order valence-electron chi connectivity index (χ1n) is 3.56. The second kappa shape index (κ2) is 3.28. The van der Waals surface area contributed by atoms with Crippen molar-refractivity contribution in [2.45, 2.75) is 6.92 Å². The van der Waals surface area contributed by atoms with E-state index in [-0.39, 0.29) is 11.3 Å². The molecule has 0 saturated carbocycles. The maximum atomic E-state index is 11.1. The number of aromatic nitrogens is 1. The van der Waals surface area contributed by atoms with Crippen molar-refractivity contribution in [2.24, 2.45) is 11.6 Å². The molecule has 6 nitrogen and oxygen atoms in total. The van der Waals surface area contributed by atoms with Crippen LogP contribution in [0.15, 0.2) is 6.20 Å². The second-order valence-electron chi connectivity index (χ2n) is 2.56. The van der Waals surface area contributed by atoms with Crippen molar-refractivity contribution in [3.05, 3.63) is 23.0 Å². The summed E-state index contributed by atoms with van der Waals surface area (Å²) in [5.41, 5.74) is 7.86. The van der Waals surface area contributed by atoms with Gasteiger partial charge in [-0.15, -0.1) is 0 Å². The van der Waals surface area contributed by atoms with E-state index in [1.807, 2.05) is 5.43 Å². The number of rotatable bonds is 2. The van der Waals surface area contributed by atoms with Crippen LogP contribution in [-0.4, -0.2) is 16.8 Å². The van der Waals surface area contributed by atoms with E-state index in [1.165, 1.54) is 6.20 Å². The molecule has 0 fully saturated rings. The zero-order valence-corrected chi connectivity index (χ0v) is 7.05. The summed E-state index contributed by atoms with van der Waals surface area (Å²) in [6.45, 7) is 1.67. The number of carbonyl (C=O) groups is 2. The van der Waals surface area contributed by atoms with E-state index in [2.05, 4.69) is 4.98 Å². The molecular formula is C7H10N4O2. The number of hydrazine groups is 1. The molecule has 0 bridgehead atoms. The van der Waals surface area contributed by atoms with E-state index in [0.717, 1.165) is 0 Å². The quantitative estimate of drug-likeness (QED) is 0.268. The van der Waals surface area contributed by atoms with Crippen LogP contribution in [0.4, 0.5) is 0 Å². The van der Waals surface area contributed by atoms with Crippen LogP contribution in [-0.2, 0) is 0 Å². The van der Waals surface area contributed by atoms with Crippen molar-refractivity contribution in [3.8, 4) is 0 Å². The lowest BCUT2D eigenvalue weighted by Crippen LogP contribution is -2.32. The Morgan fingerprint density at radius 3 is 2.62 bits per heavy atom. The maximum absolute atomic E-state index is 11.1. The molecule has 0 spiro atoms. The van der Waals surface area contributed by atoms with Gasteiger partial charge in [0.1, 0.15) is 5.69 Å². The predicted molar refractivity (Wildman–Crippen MR) is 45.7 cm³/mol. The number of aromatic amines is 1. The van der Waals surface area contributed by atoms with Crippen LogP contribution in [0.3, 0.4) is 0 Å². The molecule has 0 radical (unpaired) electrons. The van der Waals surface area contributed by atoms with E-state index < -0.39 is 11.8 Å². The fraction of sp³-hybridized carbons (Fsp3) is 0.143. The van der Waals surface area contributed by atoms with Crippen molar-refractivity contribution in [1.82, 2.24) is 10.4 Å². The number of nitrogens with two attached hydrogens (primary N) is 2. The predicted octanol–water partition coefficient (Wildman–Crippen LogP) is -0.974. The minimum atomic E-state index is -0.655. The smallest absolute Gasteiger partial charge is 0.282 e. The summed E-state index contributed by atoms with van der Waals surface area (Å²) in [6, 6.07) is 0. The molecule has 13 heavy (non-hydrogen) atoms. The molecule has 1 heterocycles. The van der Waals surface area contributed by atoms with E-state index >= 15 is 0 Å². The molecule has 2 amide bonds. The molecular weight excluding hydrogens is 172 g/mol.